The molecule has 3 aliphatic rings. The van der Waals surface area contributed by atoms with E-state index < -0.39 is 0 Å². The molecular weight excluding hydrogens is 392 g/mol. The number of hydrogen-bond donors (Lipinski definition) is 4. The van der Waals surface area contributed by atoms with Crippen LogP contribution in [-0.4, -0.2) is 34.1 Å². The lowest BCUT2D eigenvalue weighted by Gasteiger charge is -2.38. The van der Waals surface area contributed by atoms with E-state index in [-0.39, 0.29) is 21.7 Å². The molecule has 4 atom stereocenters. The molecule has 4 N–H and O–H groups in total. The first-order valence-corrected chi connectivity index (χ1v) is 12.8. The summed E-state index contributed by atoms with van der Waals surface area (Å²) in [4.78, 5) is 7.79. The third kappa shape index (κ3) is 3.16. The van der Waals surface area contributed by atoms with Crippen LogP contribution >= 0.6 is 0 Å². The number of aromatic nitrogens is 2. The summed E-state index contributed by atoms with van der Waals surface area (Å²) in [7, 11) is 0. The van der Waals surface area contributed by atoms with Crippen molar-refractivity contribution in [2.75, 3.05) is 0 Å². The minimum Gasteiger partial charge on any atom is -0.361 e. The molecule has 32 heavy (non-hydrogen) atoms. The van der Waals surface area contributed by atoms with E-state index in [9.17, 15) is 0 Å². The standard InChI is InChI=1S/C28H44N4/c1-25(2)17-9-11-19(29-17)26(3,4)21-13-15-23(31-21)28(7,8)24-16-14-22(32-24)27(5,6)20-12-10-18(25)30-20/h9,11,14,16,18,20-21,23,29-32H,10,12-13,15H2,1-8H3/t18-,20+,21-,23+. The summed E-state index contributed by atoms with van der Waals surface area (Å²) in [5, 5.41) is 8.14. The number of fused-ring (bicyclic) bond motifs is 8. The first-order chi connectivity index (χ1) is 14.8. The van der Waals surface area contributed by atoms with Gasteiger partial charge in [-0.1, -0.05) is 55.4 Å². The second-order valence-electron chi connectivity index (χ2n) is 13.2. The average molecular weight is 437 g/mol. The molecule has 176 valence electrons. The van der Waals surface area contributed by atoms with Crippen molar-refractivity contribution in [2.24, 2.45) is 0 Å². The first-order valence-electron chi connectivity index (χ1n) is 12.8. The molecule has 4 nitrogen and oxygen atoms in total. The van der Waals surface area contributed by atoms with E-state index in [4.69, 9.17) is 0 Å². The summed E-state index contributed by atoms with van der Waals surface area (Å²) in [5.41, 5.74) is 5.69. The van der Waals surface area contributed by atoms with Crippen molar-refractivity contribution in [1.82, 2.24) is 20.6 Å². The predicted molar refractivity (Wildman–Crippen MR) is 134 cm³/mol. The SMILES string of the molecule is CC1(C)c2ccc([nH]2)C(C)(C)[C@@H]2CC[C@@H](N2)C(C)(C)c2ccc([nH]2)C(C)(C)[C@H]2CC[C@@H]1N2. The lowest BCUT2D eigenvalue weighted by molar-refractivity contribution is 0.298. The van der Waals surface area contributed by atoms with Gasteiger partial charge in [0.2, 0.25) is 0 Å². The molecule has 0 spiro atoms. The molecular formula is C28H44N4. The van der Waals surface area contributed by atoms with E-state index in [0.717, 1.165) is 0 Å². The molecule has 8 bridgehead atoms. The summed E-state index contributed by atoms with van der Waals surface area (Å²) in [6.07, 6.45) is 4.85. The van der Waals surface area contributed by atoms with Gasteiger partial charge in [0.05, 0.1) is 0 Å². The maximum atomic E-state index is 4.07. The molecule has 4 heteroatoms. The van der Waals surface area contributed by atoms with Crippen molar-refractivity contribution in [3.05, 3.63) is 47.0 Å². The van der Waals surface area contributed by atoms with Gasteiger partial charge in [-0.2, -0.15) is 0 Å². The van der Waals surface area contributed by atoms with Crippen LogP contribution in [0.15, 0.2) is 24.3 Å². The highest BCUT2D eigenvalue weighted by molar-refractivity contribution is 5.33. The lowest BCUT2D eigenvalue weighted by Crippen LogP contribution is -2.50. The van der Waals surface area contributed by atoms with Crippen LogP contribution in [0.1, 0.15) is 104 Å². The van der Waals surface area contributed by atoms with Gasteiger partial charge in [-0.25, -0.2) is 0 Å². The molecule has 0 unspecified atom stereocenters. The Morgan fingerprint density at radius 1 is 0.469 bits per heavy atom. The molecule has 2 aromatic heterocycles. The fraction of sp³-hybridized carbons (Fsp3) is 0.714. The first kappa shape index (κ1) is 22.3. The highest BCUT2D eigenvalue weighted by Crippen LogP contribution is 2.43. The minimum atomic E-state index is 0.0603. The Balaban J connectivity index is 1.61. The van der Waals surface area contributed by atoms with Crippen molar-refractivity contribution in [1.29, 1.82) is 0 Å². The van der Waals surface area contributed by atoms with Crippen LogP contribution in [0.25, 0.3) is 0 Å². The zero-order valence-corrected chi connectivity index (χ0v) is 21.4. The van der Waals surface area contributed by atoms with Gasteiger partial charge < -0.3 is 20.6 Å². The fourth-order valence-corrected chi connectivity index (χ4v) is 6.81. The van der Waals surface area contributed by atoms with Crippen molar-refractivity contribution in [3.8, 4) is 0 Å². The minimum absolute atomic E-state index is 0.0603. The number of hydrogen-bond acceptors (Lipinski definition) is 2. The Kier molecular flexibility index (Phi) is 4.87. The second kappa shape index (κ2) is 6.99. The number of nitrogens with one attached hydrogen (secondary N) is 4. The average Bonchev–Trinajstić information content (AvgIpc) is 3.53. The molecule has 0 aliphatic carbocycles. The highest BCUT2D eigenvalue weighted by Gasteiger charge is 2.47. The van der Waals surface area contributed by atoms with E-state index in [1.807, 2.05) is 0 Å². The summed E-state index contributed by atoms with van der Waals surface area (Å²) in [6.45, 7) is 19.3. The van der Waals surface area contributed by atoms with Crippen molar-refractivity contribution >= 4 is 0 Å². The van der Waals surface area contributed by atoms with Gasteiger partial charge in [0.25, 0.3) is 0 Å². The fourth-order valence-electron chi connectivity index (χ4n) is 6.81. The molecule has 2 saturated heterocycles. The third-order valence-corrected chi connectivity index (χ3v) is 9.93. The van der Waals surface area contributed by atoms with Crippen LogP contribution in [-0.2, 0) is 21.7 Å². The van der Waals surface area contributed by atoms with Gasteiger partial charge in [0, 0.05) is 68.6 Å². The Hall–Kier alpha value is -1.52. The quantitative estimate of drug-likeness (QED) is 0.446. The van der Waals surface area contributed by atoms with Gasteiger partial charge in [0.1, 0.15) is 0 Å². The zero-order chi connectivity index (χ0) is 23.1. The Labute approximate surface area is 194 Å². The predicted octanol–water partition coefficient (Wildman–Crippen LogP) is 5.41. The van der Waals surface area contributed by atoms with Gasteiger partial charge in [-0.15, -0.1) is 0 Å². The van der Waals surface area contributed by atoms with Crippen LogP contribution in [0, 0.1) is 0 Å². The number of rotatable bonds is 0. The van der Waals surface area contributed by atoms with Gasteiger partial charge in [-0.05, 0) is 49.9 Å². The maximum absolute atomic E-state index is 4.07. The van der Waals surface area contributed by atoms with Gasteiger partial charge >= 0.3 is 0 Å². The zero-order valence-electron chi connectivity index (χ0n) is 21.4. The van der Waals surface area contributed by atoms with Crippen LogP contribution in [0.2, 0.25) is 0 Å². The van der Waals surface area contributed by atoms with E-state index in [1.165, 1.54) is 48.5 Å². The molecule has 0 amide bonds. The van der Waals surface area contributed by atoms with E-state index in [1.54, 1.807) is 0 Å². The third-order valence-electron chi connectivity index (χ3n) is 9.93. The van der Waals surface area contributed by atoms with E-state index >= 15 is 0 Å². The topological polar surface area (TPSA) is 55.6 Å². The summed E-state index contributed by atoms with van der Waals surface area (Å²) in [5.74, 6) is 0. The lowest BCUT2D eigenvalue weighted by atomic mass is 9.80. The molecule has 0 saturated carbocycles. The molecule has 5 rings (SSSR count). The summed E-state index contributed by atoms with van der Waals surface area (Å²) < 4.78 is 0. The number of H-pyrrole nitrogens is 2. The van der Waals surface area contributed by atoms with Gasteiger partial charge in [-0.3, -0.25) is 0 Å². The van der Waals surface area contributed by atoms with Crippen LogP contribution < -0.4 is 10.6 Å². The Morgan fingerprint density at radius 2 is 0.688 bits per heavy atom. The van der Waals surface area contributed by atoms with Crippen LogP contribution in [0.4, 0.5) is 0 Å². The molecule has 2 fully saturated rings. The molecule has 0 aromatic carbocycles. The van der Waals surface area contributed by atoms with Crippen LogP contribution in [0.3, 0.4) is 0 Å². The normalized spacial score (nSPS) is 34.5. The highest BCUT2D eigenvalue weighted by atomic mass is 15.1. The number of aromatic amines is 2. The van der Waals surface area contributed by atoms with Gasteiger partial charge in [0.15, 0.2) is 0 Å². The van der Waals surface area contributed by atoms with Crippen molar-refractivity contribution in [3.63, 3.8) is 0 Å². The largest absolute Gasteiger partial charge is 0.361 e. The monoisotopic (exact) mass is 436 g/mol. The van der Waals surface area contributed by atoms with E-state index in [0.29, 0.717) is 24.2 Å². The second-order valence-corrected chi connectivity index (χ2v) is 13.2. The molecule has 2 aromatic rings. The van der Waals surface area contributed by atoms with Crippen molar-refractivity contribution in [2.45, 2.75) is 127 Å². The van der Waals surface area contributed by atoms with Crippen LogP contribution in [0.5, 0.6) is 0 Å². The molecule has 5 heterocycles. The van der Waals surface area contributed by atoms with Crippen molar-refractivity contribution < 1.29 is 0 Å². The Bertz CT molecular complexity index is 835. The maximum Gasteiger partial charge on any atom is 0.0222 e. The molecule has 0 radical (unpaired) electrons. The smallest absolute Gasteiger partial charge is 0.0222 e. The summed E-state index contributed by atoms with van der Waals surface area (Å²) in [6, 6.07) is 11.3. The summed E-state index contributed by atoms with van der Waals surface area (Å²) >= 11 is 0. The van der Waals surface area contributed by atoms with E-state index in [2.05, 4.69) is 100 Å². The Morgan fingerprint density at radius 3 is 0.906 bits per heavy atom. The molecule has 3 aliphatic heterocycles.